The van der Waals surface area contributed by atoms with Gasteiger partial charge in [0.25, 0.3) is 5.91 Å². The number of amides is 2. The molecule has 0 radical (unpaired) electrons. The van der Waals surface area contributed by atoms with Crippen LogP contribution in [0.25, 0.3) is 0 Å². The largest absolute Gasteiger partial charge is 0.419 e. The van der Waals surface area contributed by atoms with Crippen LogP contribution in [0.2, 0.25) is 0 Å². The van der Waals surface area contributed by atoms with Crippen molar-refractivity contribution in [3.05, 3.63) is 59.2 Å². The summed E-state index contributed by atoms with van der Waals surface area (Å²) in [6, 6.07) is 5.88. The molecule has 0 spiro atoms. The first kappa shape index (κ1) is 30.8. The SMILES string of the molecule is COC1(CNC(c2ccc(NC(=O)C3c4ccc(S(C)(=O)=O)cc4CN3C(C)=O)cc2)(C(F)(F)F)C(F)(F)F)CC1. The average molecular weight is 608 g/mol. The number of alkyl halides is 6. The molecule has 15 heteroatoms. The number of carbonyl (C=O) groups excluding carboxylic acids is 2. The second-order valence-electron chi connectivity index (χ2n) is 10.2. The van der Waals surface area contributed by atoms with Crippen LogP contribution in [0, 0.1) is 0 Å². The Balaban J connectivity index is 1.63. The Morgan fingerprint density at radius 2 is 1.61 bits per heavy atom. The molecule has 224 valence electrons. The standard InChI is InChI=1S/C26H27F6N3O5S/c1-15(36)35-13-16-12-19(41(3,38)39)8-9-20(16)21(35)22(37)34-18-6-4-17(5-7-18)24(25(27,28)29,26(30,31)32)33-14-23(40-2)10-11-23/h4-9,12,21,33H,10-11,13-14H2,1-3H3,(H,34,37). The van der Waals surface area contributed by atoms with Gasteiger partial charge in [-0.3, -0.25) is 14.9 Å². The monoisotopic (exact) mass is 607 g/mol. The molecular weight excluding hydrogens is 580 g/mol. The lowest BCUT2D eigenvalue weighted by Gasteiger charge is -2.39. The summed E-state index contributed by atoms with van der Waals surface area (Å²) >= 11 is 0. The zero-order valence-corrected chi connectivity index (χ0v) is 22.9. The number of fused-ring (bicyclic) bond motifs is 1. The topological polar surface area (TPSA) is 105 Å². The summed E-state index contributed by atoms with van der Waals surface area (Å²) in [6.45, 7) is 0.442. The maximum Gasteiger partial charge on any atom is 0.419 e. The van der Waals surface area contributed by atoms with Crippen LogP contribution in [0.1, 0.15) is 42.5 Å². The molecule has 2 aromatic carbocycles. The Labute approximate surface area is 232 Å². The molecule has 2 aromatic rings. The van der Waals surface area contributed by atoms with Crippen LogP contribution in [-0.4, -0.2) is 63.0 Å². The number of ether oxygens (including phenoxy) is 1. The van der Waals surface area contributed by atoms with E-state index in [1.807, 2.05) is 0 Å². The molecule has 1 heterocycles. The maximum absolute atomic E-state index is 14.2. The van der Waals surface area contributed by atoms with Crippen LogP contribution >= 0.6 is 0 Å². The zero-order valence-electron chi connectivity index (χ0n) is 22.1. The van der Waals surface area contributed by atoms with Gasteiger partial charge in [0.2, 0.25) is 11.4 Å². The number of anilines is 1. The fraction of sp³-hybridized carbons (Fsp3) is 0.462. The first-order valence-corrected chi connectivity index (χ1v) is 14.2. The van der Waals surface area contributed by atoms with Crippen LogP contribution < -0.4 is 10.6 Å². The summed E-state index contributed by atoms with van der Waals surface area (Å²) in [5.41, 5.74) is -6.01. The highest BCUT2D eigenvalue weighted by Crippen LogP contribution is 2.51. The van der Waals surface area contributed by atoms with Crippen molar-refractivity contribution in [2.45, 2.75) is 60.7 Å². The molecule has 1 aliphatic carbocycles. The molecule has 1 fully saturated rings. The summed E-state index contributed by atoms with van der Waals surface area (Å²) in [6.07, 6.45) is -9.93. The Bertz CT molecular complexity index is 1440. The Morgan fingerprint density at radius 1 is 1.02 bits per heavy atom. The van der Waals surface area contributed by atoms with Crippen LogP contribution in [0.3, 0.4) is 0 Å². The zero-order chi connectivity index (χ0) is 30.6. The van der Waals surface area contributed by atoms with E-state index in [1.165, 1.54) is 37.1 Å². The number of sulfone groups is 1. The number of benzene rings is 2. The number of carbonyl (C=O) groups is 2. The fourth-order valence-electron chi connectivity index (χ4n) is 4.93. The molecule has 1 aliphatic heterocycles. The number of nitrogens with zero attached hydrogens (tertiary/aromatic N) is 1. The smallest absolute Gasteiger partial charge is 0.377 e. The van der Waals surface area contributed by atoms with Crippen LogP contribution in [0.15, 0.2) is 47.4 Å². The van der Waals surface area contributed by atoms with Gasteiger partial charge < -0.3 is 15.0 Å². The van der Waals surface area contributed by atoms with E-state index in [9.17, 15) is 44.3 Å². The van der Waals surface area contributed by atoms with Crippen molar-refractivity contribution >= 4 is 27.3 Å². The van der Waals surface area contributed by atoms with E-state index in [2.05, 4.69) is 5.32 Å². The lowest BCUT2D eigenvalue weighted by Crippen LogP contribution is -2.64. The summed E-state index contributed by atoms with van der Waals surface area (Å²) in [5, 5.41) is 4.12. The third kappa shape index (κ3) is 5.66. The number of methoxy groups -OCH3 is 1. The normalized spacial score (nSPS) is 18.7. The molecule has 1 atom stereocenters. The van der Waals surface area contributed by atoms with Gasteiger partial charge in [0.05, 0.1) is 10.5 Å². The molecule has 41 heavy (non-hydrogen) atoms. The minimum Gasteiger partial charge on any atom is -0.377 e. The predicted molar refractivity (Wildman–Crippen MR) is 134 cm³/mol. The first-order valence-electron chi connectivity index (χ1n) is 12.3. The lowest BCUT2D eigenvalue weighted by molar-refractivity contribution is -0.315. The van der Waals surface area contributed by atoms with Gasteiger partial charge in [-0.15, -0.1) is 0 Å². The van der Waals surface area contributed by atoms with Crippen LogP contribution in [0.5, 0.6) is 0 Å². The minimum absolute atomic E-state index is 0.0130. The second-order valence-corrected chi connectivity index (χ2v) is 12.3. The van der Waals surface area contributed by atoms with Gasteiger partial charge in [0.1, 0.15) is 6.04 Å². The highest BCUT2D eigenvalue weighted by Gasteiger charge is 2.72. The Hall–Kier alpha value is -3.17. The molecular formula is C26H27F6N3O5S. The van der Waals surface area contributed by atoms with Crippen molar-refractivity contribution in [1.82, 2.24) is 10.2 Å². The van der Waals surface area contributed by atoms with Crippen molar-refractivity contribution in [2.24, 2.45) is 0 Å². The molecule has 4 rings (SSSR count). The summed E-state index contributed by atoms with van der Waals surface area (Å²) < 4.78 is 114. The molecule has 2 N–H and O–H groups in total. The Kier molecular flexibility index (Phi) is 7.72. The summed E-state index contributed by atoms with van der Waals surface area (Å²) in [7, 11) is -2.35. The number of halogens is 6. The summed E-state index contributed by atoms with van der Waals surface area (Å²) in [4.78, 5) is 26.6. The highest BCUT2D eigenvalue weighted by atomic mass is 32.2. The molecule has 0 aromatic heterocycles. The molecule has 2 amide bonds. The second kappa shape index (κ2) is 10.3. The van der Waals surface area contributed by atoms with Gasteiger partial charge in [0.15, 0.2) is 9.84 Å². The van der Waals surface area contributed by atoms with Gasteiger partial charge in [-0.05, 0) is 53.8 Å². The number of hydrogen-bond donors (Lipinski definition) is 2. The van der Waals surface area contributed by atoms with Crippen molar-refractivity contribution in [3.63, 3.8) is 0 Å². The molecule has 2 aliphatic rings. The van der Waals surface area contributed by atoms with Crippen molar-refractivity contribution in [3.8, 4) is 0 Å². The van der Waals surface area contributed by atoms with Crippen LogP contribution in [-0.2, 0) is 36.2 Å². The number of rotatable bonds is 8. The van der Waals surface area contributed by atoms with Crippen molar-refractivity contribution < 1.29 is 49.1 Å². The first-order chi connectivity index (χ1) is 18.8. The molecule has 0 bridgehead atoms. The number of nitrogens with one attached hydrogen (secondary N) is 2. The van der Waals surface area contributed by atoms with Gasteiger partial charge in [-0.2, -0.15) is 26.3 Å². The van der Waals surface area contributed by atoms with E-state index < -0.39 is 63.3 Å². The average Bonchev–Trinajstić information content (AvgIpc) is 3.53. The van der Waals surface area contributed by atoms with E-state index in [4.69, 9.17) is 4.74 Å². The molecule has 1 unspecified atom stereocenters. The van der Waals surface area contributed by atoms with E-state index >= 15 is 0 Å². The van der Waals surface area contributed by atoms with Gasteiger partial charge in [-0.1, -0.05) is 18.2 Å². The third-order valence-electron chi connectivity index (χ3n) is 7.49. The molecule has 1 saturated carbocycles. The third-order valence-corrected chi connectivity index (χ3v) is 8.60. The van der Waals surface area contributed by atoms with E-state index in [0.29, 0.717) is 36.1 Å². The molecule has 0 saturated heterocycles. The van der Waals surface area contributed by atoms with Crippen molar-refractivity contribution in [2.75, 3.05) is 25.2 Å². The molecule has 8 nitrogen and oxygen atoms in total. The minimum atomic E-state index is -5.78. The summed E-state index contributed by atoms with van der Waals surface area (Å²) in [5.74, 6) is -1.29. The van der Waals surface area contributed by atoms with E-state index in [1.54, 1.807) is 5.32 Å². The van der Waals surface area contributed by atoms with Gasteiger partial charge in [0, 0.05) is 39.1 Å². The lowest BCUT2D eigenvalue weighted by atomic mass is 9.87. The van der Waals surface area contributed by atoms with Crippen molar-refractivity contribution in [1.29, 1.82) is 0 Å². The quantitative estimate of drug-likeness (QED) is 0.436. The van der Waals surface area contributed by atoms with E-state index in [-0.39, 0.29) is 17.1 Å². The maximum atomic E-state index is 14.2. The Morgan fingerprint density at radius 3 is 2.07 bits per heavy atom. The predicted octanol–water partition coefficient (Wildman–Crippen LogP) is 4.22. The fourth-order valence-corrected chi connectivity index (χ4v) is 5.60. The van der Waals surface area contributed by atoms with Gasteiger partial charge >= 0.3 is 12.4 Å². The highest BCUT2D eigenvalue weighted by molar-refractivity contribution is 7.90. The van der Waals surface area contributed by atoms with E-state index in [0.717, 1.165) is 18.4 Å². The van der Waals surface area contributed by atoms with Crippen LogP contribution in [0.4, 0.5) is 32.0 Å². The van der Waals surface area contributed by atoms with Gasteiger partial charge in [-0.25, -0.2) is 8.42 Å². The number of hydrogen-bond acceptors (Lipinski definition) is 6.